The highest BCUT2D eigenvalue weighted by Gasteiger charge is 2.06. The van der Waals surface area contributed by atoms with E-state index < -0.39 is 8.80 Å². The summed E-state index contributed by atoms with van der Waals surface area (Å²) in [4.78, 5) is 0. The summed E-state index contributed by atoms with van der Waals surface area (Å²) in [5.41, 5.74) is 11.6. The van der Waals surface area contributed by atoms with Crippen molar-refractivity contribution in [1.29, 1.82) is 0 Å². The summed E-state index contributed by atoms with van der Waals surface area (Å²) < 4.78 is 0. The smallest absolute Gasteiger partial charge is 0.0502 e. The van der Waals surface area contributed by atoms with Crippen molar-refractivity contribution in [1.82, 2.24) is 0 Å². The van der Waals surface area contributed by atoms with Gasteiger partial charge < -0.3 is 11.5 Å². The van der Waals surface area contributed by atoms with E-state index in [9.17, 15) is 0 Å². The predicted octanol–water partition coefficient (Wildman–Crippen LogP) is 0.0785. The van der Waals surface area contributed by atoms with E-state index in [1.54, 1.807) is 0 Å². The summed E-state index contributed by atoms with van der Waals surface area (Å²) in [6, 6.07) is 0. The maximum atomic E-state index is 5.81. The van der Waals surface area contributed by atoms with Crippen molar-refractivity contribution in [2.75, 3.05) is 6.54 Å². The molecule has 0 saturated heterocycles. The molecule has 56 valence electrons. The Morgan fingerprint density at radius 3 is 2.33 bits per heavy atom. The third-order valence-electron chi connectivity index (χ3n) is 1.60. The Kier molecular flexibility index (Phi) is 5.04. The van der Waals surface area contributed by atoms with E-state index in [1.165, 1.54) is 0 Å². The molecule has 1 unspecified atom stereocenters. The molecular weight excluding hydrogens is 128 g/mol. The standard InChI is InChI=1S/C6H18N2Si/c1-9(2)6(8)4-3-5-7/h6,9H,3-5,7-8H2,1-2H3. The Labute approximate surface area is 59.2 Å². The number of rotatable bonds is 4. The molecule has 4 N–H and O–H groups in total. The van der Waals surface area contributed by atoms with E-state index in [-0.39, 0.29) is 0 Å². The van der Waals surface area contributed by atoms with E-state index in [4.69, 9.17) is 11.5 Å². The van der Waals surface area contributed by atoms with Crippen LogP contribution < -0.4 is 11.5 Å². The quantitative estimate of drug-likeness (QED) is 0.552. The number of hydrogen-bond donors (Lipinski definition) is 2. The fraction of sp³-hybridized carbons (Fsp3) is 1.00. The fourth-order valence-electron chi connectivity index (χ4n) is 0.687. The highest BCUT2D eigenvalue weighted by atomic mass is 28.3. The van der Waals surface area contributed by atoms with Crippen LogP contribution in [0.2, 0.25) is 13.1 Å². The van der Waals surface area contributed by atoms with E-state index >= 15 is 0 Å². The van der Waals surface area contributed by atoms with Crippen LogP contribution in [0.25, 0.3) is 0 Å². The molecule has 0 bridgehead atoms. The highest BCUT2D eigenvalue weighted by molar-refractivity contribution is 6.57. The fourth-order valence-corrected chi connectivity index (χ4v) is 1.59. The Morgan fingerprint density at radius 1 is 1.44 bits per heavy atom. The van der Waals surface area contributed by atoms with Crippen molar-refractivity contribution in [3.63, 3.8) is 0 Å². The first-order valence-electron chi connectivity index (χ1n) is 3.64. The highest BCUT2D eigenvalue weighted by Crippen LogP contribution is 1.96. The minimum atomic E-state index is -0.574. The molecule has 3 heteroatoms. The van der Waals surface area contributed by atoms with Gasteiger partial charge in [0.1, 0.15) is 0 Å². The van der Waals surface area contributed by atoms with Crippen LogP contribution in [0.1, 0.15) is 12.8 Å². The Morgan fingerprint density at radius 2 is 2.00 bits per heavy atom. The average Bonchev–Trinajstić information content (AvgIpc) is 1.82. The van der Waals surface area contributed by atoms with Gasteiger partial charge in [-0.1, -0.05) is 13.1 Å². The monoisotopic (exact) mass is 146 g/mol. The molecule has 0 fully saturated rings. The summed E-state index contributed by atoms with van der Waals surface area (Å²) in [5.74, 6) is 0. The van der Waals surface area contributed by atoms with Gasteiger partial charge in [-0.15, -0.1) is 0 Å². The van der Waals surface area contributed by atoms with E-state index in [0.717, 1.165) is 19.4 Å². The molecule has 0 aliphatic carbocycles. The van der Waals surface area contributed by atoms with Crippen LogP contribution in [0.5, 0.6) is 0 Å². The lowest BCUT2D eigenvalue weighted by Crippen LogP contribution is -2.34. The van der Waals surface area contributed by atoms with Gasteiger partial charge in [0.15, 0.2) is 0 Å². The lowest BCUT2D eigenvalue weighted by Gasteiger charge is -2.12. The summed E-state index contributed by atoms with van der Waals surface area (Å²) >= 11 is 0. The van der Waals surface area contributed by atoms with Gasteiger partial charge >= 0.3 is 0 Å². The second kappa shape index (κ2) is 4.96. The SMILES string of the molecule is C[SiH](C)C(N)CCCN. The first-order chi connectivity index (χ1) is 4.18. The molecule has 1 atom stereocenters. The second-order valence-electron chi connectivity index (χ2n) is 2.84. The predicted molar refractivity (Wildman–Crippen MR) is 45.1 cm³/mol. The van der Waals surface area contributed by atoms with Crippen LogP contribution in [0, 0.1) is 0 Å². The van der Waals surface area contributed by atoms with E-state index in [1.807, 2.05) is 0 Å². The molecule has 0 aromatic heterocycles. The van der Waals surface area contributed by atoms with Crippen LogP contribution in [0.4, 0.5) is 0 Å². The Bertz CT molecular complexity index is 66.1. The van der Waals surface area contributed by atoms with Gasteiger partial charge in [0.2, 0.25) is 0 Å². The van der Waals surface area contributed by atoms with Crippen LogP contribution in [0.15, 0.2) is 0 Å². The van der Waals surface area contributed by atoms with Gasteiger partial charge in [-0.25, -0.2) is 0 Å². The molecule has 0 radical (unpaired) electrons. The number of hydrogen-bond acceptors (Lipinski definition) is 2. The van der Waals surface area contributed by atoms with Crippen molar-refractivity contribution < 1.29 is 0 Å². The van der Waals surface area contributed by atoms with Crippen molar-refractivity contribution in [3.05, 3.63) is 0 Å². The average molecular weight is 146 g/mol. The third-order valence-corrected chi connectivity index (χ3v) is 3.64. The molecule has 0 amide bonds. The van der Waals surface area contributed by atoms with Crippen molar-refractivity contribution in [3.8, 4) is 0 Å². The normalized spacial score (nSPS) is 14.3. The molecule has 0 aromatic rings. The summed E-state index contributed by atoms with van der Waals surface area (Å²) in [6.45, 7) is 5.34. The van der Waals surface area contributed by atoms with Crippen molar-refractivity contribution in [2.45, 2.75) is 31.6 Å². The van der Waals surface area contributed by atoms with Crippen molar-refractivity contribution >= 4 is 8.80 Å². The van der Waals surface area contributed by atoms with Gasteiger partial charge in [-0.3, -0.25) is 0 Å². The topological polar surface area (TPSA) is 52.0 Å². The largest absolute Gasteiger partial charge is 0.331 e. The lowest BCUT2D eigenvalue weighted by molar-refractivity contribution is 0.705. The van der Waals surface area contributed by atoms with E-state index in [0.29, 0.717) is 5.67 Å². The molecule has 0 aliphatic rings. The molecular formula is C6H18N2Si. The second-order valence-corrected chi connectivity index (χ2v) is 6.18. The zero-order valence-electron chi connectivity index (χ0n) is 6.43. The maximum absolute atomic E-state index is 5.81. The first-order valence-corrected chi connectivity index (χ1v) is 6.61. The Hall–Kier alpha value is 0.137. The molecule has 0 heterocycles. The minimum Gasteiger partial charge on any atom is -0.331 e. The summed E-state index contributed by atoms with van der Waals surface area (Å²) in [5, 5.41) is 0. The van der Waals surface area contributed by atoms with Gasteiger partial charge in [0.25, 0.3) is 0 Å². The molecule has 0 aromatic carbocycles. The van der Waals surface area contributed by atoms with Crippen LogP contribution in [-0.4, -0.2) is 21.0 Å². The summed E-state index contributed by atoms with van der Waals surface area (Å²) in [6.07, 6.45) is 2.22. The van der Waals surface area contributed by atoms with Gasteiger partial charge in [-0.2, -0.15) is 0 Å². The van der Waals surface area contributed by atoms with Crippen LogP contribution >= 0.6 is 0 Å². The van der Waals surface area contributed by atoms with Gasteiger partial charge in [0.05, 0.1) is 8.80 Å². The molecule has 0 spiro atoms. The van der Waals surface area contributed by atoms with Gasteiger partial charge in [0, 0.05) is 0 Å². The maximum Gasteiger partial charge on any atom is 0.0502 e. The molecule has 2 nitrogen and oxygen atoms in total. The molecule has 0 aliphatic heterocycles. The van der Waals surface area contributed by atoms with Crippen molar-refractivity contribution in [2.24, 2.45) is 11.5 Å². The zero-order chi connectivity index (χ0) is 7.28. The molecule has 0 rings (SSSR count). The van der Waals surface area contributed by atoms with E-state index in [2.05, 4.69) is 13.1 Å². The lowest BCUT2D eigenvalue weighted by atomic mass is 10.3. The number of nitrogens with two attached hydrogens (primary N) is 2. The Balaban J connectivity index is 3.16. The van der Waals surface area contributed by atoms with Crippen LogP contribution in [-0.2, 0) is 0 Å². The summed E-state index contributed by atoms with van der Waals surface area (Å²) in [7, 11) is -0.574. The van der Waals surface area contributed by atoms with Gasteiger partial charge in [-0.05, 0) is 25.1 Å². The third kappa shape index (κ3) is 4.63. The van der Waals surface area contributed by atoms with Crippen LogP contribution in [0.3, 0.4) is 0 Å². The molecule has 0 saturated carbocycles. The zero-order valence-corrected chi connectivity index (χ0v) is 7.59. The molecule has 9 heavy (non-hydrogen) atoms. The first kappa shape index (κ1) is 9.14. The minimum absolute atomic E-state index is 0.480.